The molecule has 0 spiro atoms. The third kappa shape index (κ3) is 38.0. The maximum atomic E-state index is 12.0. The highest BCUT2D eigenvalue weighted by Crippen LogP contribution is 2.15. The van der Waals surface area contributed by atoms with Gasteiger partial charge in [-0.05, 0) is 103 Å². The quantitative estimate of drug-likeness (QED) is 0.0295. The van der Waals surface area contributed by atoms with Crippen LogP contribution in [0.1, 0.15) is 201 Å². The lowest BCUT2D eigenvalue weighted by molar-refractivity contribution is -0.148. The topological polar surface area (TPSA) is 68.2 Å². The van der Waals surface area contributed by atoms with Crippen LogP contribution in [0.3, 0.4) is 0 Å². The van der Waals surface area contributed by atoms with E-state index in [1.807, 2.05) is 0 Å². The molecule has 0 amide bonds. The third-order valence-corrected chi connectivity index (χ3v) is 9.39. The Balaban J connectivity index is 3.93. The summed E-state index contributed by atoms with van der Waals surface area (Å²) in [6.07, 6.45) is 41.3. The zero-order valence-corrected chi connectivity index (χ0v) is 33.7. The number of rotatable bonds is 41. The minimum absolute atomic E-state index is 0.0219. The minimum atomic E-state index is -0.0551. The molecule has 0 heterocycles. The van der Waals surface area contributed by atoms with Gasteiger partial charge in [0.2, 0.25) is 0 Å². The number of hydrogen-bond acceptors (Lipinski definition) is 6. The first-order chi connectivity index (χ1) is 24.7. The van der Waals surface area contributed by atoms with E-state index >= 15 is 0 Å². The van der Waals surface area contributed by atoms with Gasteiger partial charge in [0, 0.05) is 26.2 Å². The zero-order chi connectivity index (χ0) is 36.4. The molecule has 6 nitrogen and oxygen atoms in total. The van der Waals surface area contributed by atoms with Crippen molar-refractivity contribution >= 4 is 5.97 Å². The number of aliphatic hydroxyl groups is 1. The monoisotopic (exact) mass is 708 g/mol. The molecule has 50 heavy (non-hydrogen) atoms. The van der Waals surface area contributed by atoms with E-state index in [0.29, 0.717) is 13.0 Å². The van der Waals surface area contributed by atoms with E-state index in [-0.39, 0.29) is 18.9 Å². The van der Waals surface area contributed by atoms with E-state index in [1.165, 1.54) is 109 Å². The van der Waals surface area contributed by atoms with Gasteiger partial charge in [-0.15, -0.1) is 0 Å². The van der Waals surface area contributed by atoms with Crippen LogP contribution in [0.2, 0.25) is 0 Å². The fourth-order valence-electron chi connectivity index (χ4n) is 6.22. The first-order valence-electron chi connectivity index (χ1n) is 21.7. The molecule has 0 aromatic rings. The second-order valence-corrected chi connectivity index (χ2v) is 14.3. The number of nitrogens with zero attached hydrogens (tertiary/aromatic N) is 1. The van der Waals surface area contributed by atoms with Gasteiger partial charge >= 0.3 is 5.97 Å². The molecule has 0 saturated heterocycles. The lowest BCUT2D eigenvalue weighted by Crippen LogP contribution is -2.29. The predicted octanol–water partition coefficient (Wildman–Crippen LogP) is 12.3. The van der Waals surface area contributed by atoms with E-state index in [4.69, 9.17) is 14.2 Å². The highest BCUT2D eigenvalue weighted by molar-refractivity contribution is 5.69. The van der Waals surface area contributed by atoms with Crippen LogP contribution in [-0.2, 0) is 19.0 Å². The largest absolute Gasteiger partial charge is 0.466 e. The van der Waals surface area contributed by atoms with Crippen LogP contribution >= 0.6 is 0 Å². The number of aliphatic hydroxyl groups excluding tert-OH is 1. The van der Waals surface area contributed by atoms with E-state index in [9.17, 15) is 9.90 Å². The van der Waals surface area contributed by atoms with Crippen LogP contribution in [-0.4, -0.2) is 68.3 Å². The molecular formula is C44H85NO5. The number of ether oxygens (including phenoxy) is 3. The fourth-order valence-corrected chi connectivity index (χ4v) is 6.22. The van der Waals surface area contributed by atoms with Crippen molar-refractivity contribution in [1.82, 2.24) is 4.90 Å². The number of carbonyl (C=O) groups excluding carboxylic acids is 1. The van der Waals surface area contributed by atoms with Gasteiger partial charge in [0.1, 0.15) is 0 Å². The molecule has 0 fully saturated rings. The van der Waals surface area contributed by atoms with Crippen LogP contribution in [0.4, 0.5) is 0 Å². The maximum absolute atomic E-state index is 12.0. The van der Waals surface area contributed by atoms with Gasteiger partial charge in [-0.1, -0.05) is 129 Å². The number of carbonyl (C=O) groups is 1. The molecule has 0 radical (unpaired) electrons. The van der Waals surface area contributed by atoms with Gasteiger partial charge in [-0.25, -0.2) is 0 Å². The van der Waals surface area contributed by atoms with E-state index < -0.39 is 0 Å². The smallest absolute Gasteiger partial charge is 0.305 e. The van der Waals surface area contributed by atoms with Crippen molar-refractivity contribution in [3.8, 4) is 0 Å². The Bertz CT molecular complexity index is 703. The van der Waals surface area contributed by atoms with Crippen molar-refractivity contribution in [2.45, 2.75) is 207 Å². The first kappa shape index (κ1) is 48.8. The highest BCUT2D eigenvalue weighted by atomic mass is 16.7. The standard InChI is InChI=1S/C44H85NO5/c1-4-7-10-13-18-26-31-40-48-43(47)34-27-20-19-23-30-37-45(38-39-46)36-29-22-17-16-21-28-35-44(49-41-32-24-14-11-8-5-2)50-42-33-25-15-12-9-6-3/h8-9,11-12,44,46H,4-7,10,13-42H2,1-3H3/b11-8-,12-9-. The summed E-state index contributed by atoms with van der Waals surface area (Å²) < 4.78 is 17.8. The summed E-state index contributed by atoms with van der Waals surface area (Å²) in [7, 11) is 0. The van der Waals surface area contributed by atoms with Gasteiger partial charge in [-0.2, -0.15) is 0 Å². The molecule has 0 saturated carbocycles. The molecule has 0 aliphatic rings. The minimum Gasteiger partial charge on any atom is -0.466 e. The summed E-state index contributed by atoms with van der Waals surface area (Å²) in [6.45, 7) is 11.9. The summed E-state index contributed by atoms with van der Waals surface area (Å²) in [5.74, 6) is -0.0219. The SMILES string of the molecule is CC/C=C\CCCCOC(CCCCCCCCN(CCO)CCCCCCCC(=O)OCCCCCCCCC)OCCCC/C=C\CC. The molecule has 0 aromatic carbocycles. The predicted molar refractivity (Wildman–Crippen MR) is 215 cm³/mol. The molecule has 1 N–H and O–H groups in total. The van der Waals surface area contributed by atoms with Crippen LogP contribution in [0.5, 0.6) is 0 Å². The summed E-state index contributed by atoms with van der Waals surface area (Å²) in [5.41, 5.74) is 0. The molecule has 0 bridgehead atoms. The molecular weight excluding hydrogens is 622 g/mol. The molecule has 0 aliphatic heterocycles. The Kier molecular flexibility index (Phi) is 41.2. The van der Waals surface area contributed by atoms with E-state index in [1.54, 1.807) is 0 Å². The maximum Gasteiger partial charge on any atom is 0.305 e. The summed E-state index contributed by atoms with van der Waals surface area (Å²) in [6, 6.07) is 0. The fraction of sp³-hybridized carbons (Fsp3) is 0.886. The zero-order valence-electron chi connectivity index (χ0n) is 33.7. The van der Waals surface area contributed by atoms with Gasteiger partial charge in [0.25, 0.3) is 0 Å². The van der Waals surface area contributed by atoms with Gasteiger partial charge in [-0.3, -0.25) is 4.79 Å². The van der Waals surface area contributed by atoms with Crippen LogP contribution in [0.15, 0.2) is 24.3 Å². The number of allylic oxidation sites excluding steroid dienone is 4. The number of esters is 1. The Morgan fingerprint density at radius 3 is 1.56 bits per heavy atom. The molecule has 0 atom stereocenters. The van der Waals surface area contributed by atoms with Crippen LogP contribution in [0.25, 0.3) is 0 Å². The average molecular weight is 708 g/mol. The van der Waals surface area contributed by atoms with Gasteiger partial charge < -0.3 is 24.2 Å². The Hall–Kier alpha value is -1.21. The molecule has 6 heteroatoms. The second-order valence-electron chi connectivity index (χ2n) is 14.3. The third-order valence-electron chi connectivity index (χ3n) is 9.39. The molecule has 0 aromatic heterocycles. The van der Waals surface area contributed by atoms with Crippen LogP contribution in [0, 0.1) is 0 Å². The lowest BCUT2D eigenvalue weighted by Gasteiger charge is -2.21. The summed E-state index contributed by atoms with van der Waals surface area (Å²) in [4.78, 5) is 14.4. The normalized spacial score (nSPS) is 12.0. The first-order valence-corrected chi connectivity index (χ1v) is 21.7. The Morgan fingerprint density at radius 1 is 0.540 bits per heavy atom. The van der Waals surface area contributed by atoms with Crippen molar-refractivity contribution in [2.24, 2.45) is 0 Å². The molecule has 0 unspecified atom stereocenters. The molecule has 296 valence electrons. The second kappa shape index (κ2) is 42.2. The number of hydrogen-bond donors (Lipinski definition) is 1. The van der Waals surface area contributed by atoms with Crippen molar-refractivity contribution in [2.75, 3.05) is 46.1 Å². The Labute approximate surface area is 311 Å². The molecule has 0 aliphatic carbocycles. The highest BCUT2D eigenvalue weighted by Gasteiger charge is 2.10. The van der Waals surface area contributed by atoms with E-state index in [0.717, 1.165) is 97.1 Å². The van der Waals surface area contributed by atoms with Crippen LogP contribution < -0.4 is 0 Å². The molecule has 0 rings (SSSR count). The summed E-state index contributed by atoms with van der Waals surface area (Å²) >= 11 is 0. The van der Waals surface area contributed by atoms with Crippen molar-refractivity contribution < 1.29 is 24.1 Å². The summed E-state index contributed by atoms with van der Waals surface area (Å²) in [5, 5.41) is 9.55. The van der Waals surface area contributed by atoms with E-state index in [2.05, 4.69) is 50.0 Å². The Morgan fingerprint density at radius 2 is 1.02 bits per heavy atom. The number of unbranched alkanes of at least 4 members (excludes halogenated alkanes) is 19. The van der Waals surface area contributed by atoms with Crippen molar-refractivity contribution in [1.29, 1.82) is 0 Å². The van der Waals surface area contributed by atoms with Gasteiger partial charge in [0.05, 0.1) is 13.2 Å². The lowest BCUT2D eigenvalue weighted by atomic mass is 10.1. The average Bonchev–Trinajstić information content (AvgIpc) is 3.12. The van der Waals surface area contributed by atoms with Crippen molar-refractivity contribution in [3.05, 3.63) is 24.3 Å². The van der Waals surface area contributed by atoms with Crippen molar-refractivity contribution in [3.63, 3.8) is 0 Å². The van der Waals surface area contributed by atoms with Gasteiger partial charge in [0.15, 0.2) is 6.29 Å².